The van der Waals surface area contributed by atoms with Crippen LogP contribution in [-0.2, 0) is 9.59 Å². The summed E-state index contributed by atoms with van der Waals surface area (Å²) in [6.45, 7) is 1.74. The van der Waals surface area contributed by atoms with E-state index in [2.05, 4.69) is 5.32 Å². The van der Waals surface area contributed by atoms with E-state index in [1.54, 1.807) is 44.5 Å². The van der Waals surface area contributed by atoms with Gasteiger partial charge in [-0.2, -0.15) is 0 Å². The second-order valence-corrected chi connectivity index (χ2v) is 5.58. The number of ether oxygens (including phenoxy) is 2. The van der Waals surface area contributed by atoms with E-state index in [-0.39, 0.29) is 25.0 Å². The second kappa shape index (κ2) is 8.73. The van der Waals surface area contributed by atoms with Gasteiger partial charge in [0, 0.05) is 12.7 Å². The molecule has 0 fully saturated rings. The van der Waals surface area contributed by atoms with Crippen molar-refractivity contribution in [1.82, 2.24) is 4.90 Å². The van der Waals surface area contributed by atoms with Crippen LogP contribution in [0.1, 0.15) is 5.56 Å². The highest BCUT2D eigenvalue weighted by atomic mass is 16.5. The maximum absolute atomic E-state index is 12.1. The molecule has 0 spiro atoms. The average Bonchev–Trinajstić information content (AvgIpc) is 2.61. The Morgan fingerprint density at radius 2 is 1.76 bits per heavy atom. The number of carbonyl (C=O) groups excluding carboxylic acids is 2. The second-order valence-electron chi connectivity index (χ2n) is 5.58. The summed E-state index contributed by atoms with van der Waals surface area (Å²) in [5, 5.41) is 2.73. The van der Waals surface area contributed by atoms with Gasteiger partial charge in [-0.3, -0.25) is 9.59 Å². The van der Waals surface area contributed by atoms with E-state index in [0.29, 0.717) is 17.2 Å². The third-order valence-electron chi connectivity index (χ3n) is 3.63. The Hall–Kier alpha value is -3.02. The van der Waals surface area contributed by atoms with Gasteiger partial charge in [0.25, 0.3) is 5.91 Å². The molecule has 2 aromatic rings. The van der Waals surface area contributed by atoms with Gasteiger partial charge in [0.05, 0.1) is 13.7 Å². The van der Waals surface area contributed by atoms with Crippen molar-refractivity contribution in [2.75, 3.05) is 32.6 Å². The third kappa shape index (κ3) is 5.53. The Balaban J connectivity index is 1.81. The smallest absolute Gasteiger partial charge is 0.260 e. The maximum Gasteiger partial charge on any atom is 0.260 e. The summed E-state index contributed by atoms with van der Waals surface area (Å²) in [5.74, 6) is 0.815. The zero-order valence-corrected chi connectivity index (χ0v) is 14.6. The minimum absolute atomic E-state index is 0.0536. The lowest BCUT2D eigenvalue weighted by atomic mass is 10.2. The quantitative estimate of drug-likeness (QED) is 0.839. The van der Waals surface area contributed by atoms with E-state index in [4.69, 9.17) is 9.47 Å². The summed E-state index contributed by atoms with van der Waals surface area (Å²) < 4.78 is 10.6. The fourth-order valence-corrected chi connectivity index (χ4v) is 2.15. The van der Waals surface area contributed by atoms with Gasteiger partial charge in [-0.25, -0.2) is 0 Å². The van der Waals surface area contributed by atoms with Gasteiger partial charge in [0.15, 0.2) is 6.61 Å². The monoisotopic (exact) mass is 342 g/mol. The number of amides is 2. The molecule has 0 unspecified atom stereocenters. The fourth-order valence-electron chi connectivity index (χ4n) is 2.15. The number of hydrogen-bond acceptors (Lipinski definition) is 4. The van der Waals surface area contributed by atoms with Crippen molar-refractivity contribution < 1.29 is 19.1 Å². The Morgan fingerprint density at radius 1 is 1.08 bits per heavy atom. The summed E-state index contributed by atoms with van der Waals surface area (Å²) in [7, 11) is 3.14. The molecule has 2 amide bonds. The number of rotatable bonds is 7. The molecule has 0 aromatic heterocycles. The molecular formula is C19H22N2O4. The van der Waals surface area contributed by atoms with Gasteiger partial charge in [-0.05, 0) is 42.8 Å². The van der Waals surface area contributed by atoms with Crippen LogP contribution in [0.3, 0.4) is 0 Å². The number of para-hydroxylation sites is 1. The number of benzene rings is 2. The van der Waals surface area contributed by atoms with E-state index in [0.717, 1.165) is 5.56 Å². The van der Waals surface area contributed by atoms with Gasteiger partial charge in [-0.1, -0.05) is 18.2 Å². The van der Waals surface area contributed by atoms with Crippen LogP contribution in [0.5, 0.6) is 11.5 Å². The number of methoxy groups -OCH3 is 1. The number of nitrogens with zero attached hydrogens (tertiary/aromatic N) is 1. The number of nitrogens with one attached hydrogen (secondary N) is 1. The summed E-state index contributed by atoms with van der Waals surface area (Å²) in [4.78, 5) is 25.5. The van der Waals surface area contributed by atoms with Crippen LogP contribution in [0.15, 0.2) is 48.5 Å². The van der Waals surface area contributed by atoms with E-state index < -0.39 is 0 Å². The molecular weight excluding hydrogens is 320 g/mol. The van der Waals surface area contributed by atoms with Crippen molar-refractivity contribution >= 4 is 17.5 Å². The molecule has 25 heavy (non-hydrogen) atoms. The normalized spacial score (nSPS) is 10.0. The molecule has 0 aliphatic rings. The van der Waals surface area contributed by atoms with Crippen LogP contribution in [-0.4, -0.2) is 44.0 Å². The molecule has 1 N–H and O–H groups in total. The molecule has 0 heterocycles. The molecule has 0 aliphatic heterocycles. The van der Waals surface area contributed by atoms with Crippen molar-refractivity contribution in [1.29, 1.82) is 0 Å². The van der Waals surface area contributed by atoms with Gasteiger partial charge in [0.1, 0.15) is 11.5 Å². The van der Waals surface area contributed by atoms with Crippen LogP contribution in [0.2, 0.25) is 0 Å². The summed E-state index contributed by atoms with van der Waals surface area (Å²) in [5.41, 5.74) is 1.60. The van der Waals surface area contributed by atoms with Crippen LogP contribution in [0, 0.1) is 6.92 Å². The van der Waals surface area contributed by atoms with Crippen molar-refractivity contribution in [3.05, 3.63) is 54.1 Å². The predicted molar refractivity (Wildman–Crippen MR) is 95.9 cm³/mol. The van der Waals surface area contributed by atoms with Crippen molar-refractivity contribution in [2.45, 2.75) is 6.92 Å². The Kier molecular flexibility index (Phi) is 6.39. The van der Waals surface area contributed by atoms with E-state index in [9.17, 15) is 9.59 Å². The van der Waals surface area contributed by atoms with Gasteiger partial charge in [-0.15, -0.1) is 0 Å². The Labute approximate surface area is 147 Å². The largest absolute Gasteiger partial charge is 0.497 e. The topological polar surface area (TPSA) is 67.9 Å². The van der Waals surface area contributed by atoms with E-state index in [1.165, 1.54) is 4.90 Å². The van der Waals surface area contributed by atoms with Crippen LogP contribution in [0.25, 0.3) is 0 Å². The molecule has 0 bridgehead atoms. The lowest BCUT2D eigenvalue weighted by Crippen LogP contribution is -2.37. The predicted octanol–water partition coefficient (Wildman–Crippen LogP) is 2.48. The third-order valence-corrected chi connectivity index (χ3v) is 3.63. The number of carbonyl (C=O) groups is 2. The number of aryl methyl sites for hydroxylation is 1. The standard InChI is InChI=1S/C19H22N2O4/c1-14-6-4-5-7-17(14)25-13-19(23)21(2)12-18(22)20-15-8-10-16(24-3)11-9-15/h4-11H,12-13H2,1-3H3,(H,20,22). The van der Waals surface area contributed by atoms with Gasteiger partial charge < -0.3 is 19.7 Å². The van der Waals surface area contributed by atoms with Crippen LogP contribution >= 0.6 is 0 Å². The first kappa shape index (κ1) is 18.3. The molecule has 0 aliphatic carbocycles. The lowest BCUT2D eigenvalue weighted by Gasteiger charge is -2.17. The van der Waals surface area contributed by atoms with Crippen molar-refractivity contribution in [3.63, 3.8) is 0 Å². The molecule has 0 atom stereocenters. The number of likely N-dealkylation sites (N-methyl/N-ethyl adjacent to an activating group) is 1. The summed E-state index contributed by atoms with van der Waals surface area (Å²) >= 11 is 0. The summed E-state index contributed by atoms with van der Waals surface area (Å²) in [6, 6.07) is 14.4. The zero-order valence-electron chi connectivity index (χ0n) is 14.6. The minimum atomic E-state index is -0.281. The minimum Gasteiger partial charge on any atom is -0.497 e. The van der Waals surface area contributed by atoms with Gasteiger partial charge in [0.2, 0.25) is 5.91 Å². The average molecular weight is 342 g/mol. The van der Waals surface area contributed by atoms with Crippen molar-refractivity contribution in [2.24, 2.45) is 0 Å². The summed E-state index contributed by atoms with van der Waals surface area (Å²) in [6.07, 6.45) is 0. The Morgan fingerprint density at radius 3 is 2.40 bits per heavy atom. The molecule has 6 heteroatoms. The lowest BCUT2D eigenvalue weighted by molar-refractivity contribution is -0.135. The molecule has 6 nitrogen and oxygen atoms in total. The fraction of sp³-hybridized carbons (Fsp3) is 0.263. The van der Waals surface area contributed by atoms with Gasteiger partial charge >= 0.3 is 0 Å². The van der Waals surface area contributed by atoms with E-state index >= 15 is 0 Å². The first-order valence-corrected chi connectivity index (χ1v) is 7.86. The van der Waals surface area contributed by atoms with Crippen molar-refractivity contribution in [3.8, 4) is 11.5 Å². The van der Waals surface area contributed by atoms with E-state index in [1.807, 2.05) is 25.1 Å². The molecule has 0 saturated heterocycles. The molecule has 2 rings (SSSR count). The molecule has 0 saturated carbocycles. The number of anilines is 1. The maximum atomic E-state index is 12.1. The highest BCUT2D eigenvalue weighted by Crippen LogP contribution is 2.16. The van der Waals surface area contributed by atoms with Crippen LogP contribution < -0.4 is 14.8 Å². The molecule has 132 valence electrons. The molecule has 0 radical (unpaired) electrons. The highest BCUT2D eigenvalue weighted by Gasteiger charge is 2.14. The SMILES string of the molecule is COc1ccc(NC(=O)CN(C)C(=O)COc2ccccc2C)cc1. The van der Waals surface area contributed by atoms with Crippen LogP contribution in [0.4, 0.5) is 5.69 Å². The first-order valence-electron chi connectivity index (χ1n) is 7.86. The first-order chi connectivity index (χ1) is 12.0. The molecule has 2 aromatic carbocycles. The Bertz CT molecular complexity index is 728. The number of hydrogen-bond donors (Lipinski definition) is 1. The zero-order chi connectivity index (χ0) is 18.2. The highest BCUT2D eigenvalue weighted by molar-refractivity contribution is 5.94.